The van der Waals surface area contributed by atoms with Crippen molar-refractivity contribution in [2.24, 2.45) is 0 Å². The number of nitrogens with one attached hydrogen (secondary N) is 1. The van der Waals surface area contributed by atoms with Crippen LogP contribution in [0, 0.1) is 6.92 Å². The Kier molecular flexibility index (Phi) is 5.00. The summed E-state index contributed by atoms with van der Waals surface area (Å²) in [6, 6.07) is 8.81. The van der Waals surface area contributed by atoms with Crippen molar-refractivity contribution in [3.63, 3.8) is 0 Å². The largest absolute Gasteiger partial charge is 0.461 e. The molecule has 3 N–H and O–H groups in total. The van der Waals surface area contributed by atoms with Crippen molar-refractivity contribution >= 4 is 35.0 Å². The lowest BCUT2D eigenvalue weighted by molar-refractivity contribution is -0.115. The summed E-state index contributed by atoms with van der Waals surface area (Å²) in [5.41, 5.74) is 1.60. The summed E-state index contributed by atoms with van der Waals surface area (Å²) >= 11 is 7.18. The summed E-state index contributed by atoms with van der Waals surface area (Å²) in [4.78, 5) is 12.4. The minimum atomic E-state index is -0.436. The number of hydrogen-bond donors (Lipinski definition) is 2. The summed E-state index contributed by atoms with van der Waals surface area (Å²) < 4.78 is 6.57. The number of benzene rings is 1. The van der Waals surface area contributed by atoms with E-state index in [0.29, 0.717) is 27.5 Å². The summed E-state index contributed by atoms with van der Waals surface area (Å²) in [6.07, 6.45) is 1.53. The minimum absolute atomic E-state index is 0.182. The summed E-state index contributed by atoms with van der Waals surface area (Å²) in [5, 5.41) is 11.4. The van der Waals surface area contributed by atoms with Gasteiger partial charge in [0.1, 0.15) is 0 Å². The molecule has 3 rings (SSSR count). The molecule has 1 atom stereocenters. The number of carbonyl (C=O) groups excluding carboxylic acids is 1. The van der Waals surface area contributed by atoms with Crippen LogP contribution in [0.15, 0.2) is 46.2 Å². The van der Waals surface area contributed by atoms with Crippen molar-refractivity contribution in [2.45, 2.75) is 24.3 Å². The molecule has 0 fully saturated rings. The van der Waals surface area contributed by atoms with Crippen molar-refractivity contribution in [3.05, 3.63) is 47.2 Å². The Morgan fingerprint density at radius 3 is 2.92 bits per heavy atom. The molecule has 2 aromatic heterocycles. The molecule has 9 heteroatoms. The monoisotopic (exact) mass is 377 g/mol. The van der Waals surface area contributed by atoms with Crippen molar-refractivity contribution < 1.29 is 9.21 Å². The van der Waals surface area contributed by atoms with Gasteiger partial charge in [-0.3, -0.25) is 4.79 Å². The highest BCUT2D eigenvalue weighted by atomic mass is 35.5. The van der Waals surface area contributed by atoms with Gasteiger partial charge in [-0.25, -0.2) is 4.68 Å². The fraction of sp³-hybridized carbons (Fsp3) is 0.188. The second-order valence-corrected chi connectivity index (χ2v) is 7.11. The van der Waals surface area contributed by atoms with E-state index in [-0.39, 0.29) is 5.91 Å². The molecule has 0 aliphatic carbocycles. The number of aryl methyl sites for hydroxylation is 1. The van der Waals surface area contributed by atoms with E-state index in [4.69, 9.17) is 21.9 Å². The van der Waals surface area contributed by atoms with Gasteiger partial charge in [0.15, 0.2) is 5.76 Å². The molecule has 0 radical (unpaired) electrons. The highest BCUT2D eigenvalue weighted by Gasteiger charge is 2.21. The number of nitrogens with two attached hydrogens (primary N) is 1. The van der Waals surface area contributed by atoms with Gasteiger partial charge in [0.2, 0.25) is 16.9 Å². The lowest BCUT2D eigenvalue weighted by Crippen LogP contribution is -2.24. The van der Waals surface area contributed by atoms with Crippen LogP contribution in [0.5, 0.6) is 0 Å². The Morgan fingerprint density at radius 2 is 2.20 bits per heavy atom. The van der Waals surface area contributed by atoms with E-state index in [1.165, 1.54) is 22.7 Å². The van der Waals surface area contributed by atoms with Crippen LogP contribution in [0.3, 0.4) is 0 Å². The molecule has 0 bridgehead atoms. The number of aromatic nitrogens is 3. The Morgan fingerprint density at radius 1 is 1.40 bits per heavy atom. The first-order valence-corrected chi connectivity index (χ1v) is 8.69. The van der Waals surface area contributed by atoms with Crippen LogP contribution in [-0.4, -0.2) is 26.0 Å². The zero-order chi connectivity index (χ0) is 18.0. The normalized spacial score (nSPS) is 12.1. The molecule has 130 valence electrons. The van der Waals surface area contributed by atoms with Crippen LogP contribution >= 0.6 is 23.4 Å². The van der Waals surface area contributed by atoms with Gasteiger partial charge >= 0.3 is 0 Å². The summed E-state index contributed by atoms with van der Waals surface area (Å²) in [5.74, 6) is 6.72. The molecule has 25 heavy (non-hydrogen) atoms. The Hall–Kier alpha value is -2.45. The van der Waals surface area contributed by atoms with E-state index >= 15 is 0 Å². The number of thioether (sulfide) groups is 1. The van der Waals surface area contributed by atoms with Gasteiger partial charge in [0, 0.05) is 10.7 Å². The third kappa shape index (κ3) is 3.80. The highest BCUT2D eigenvalue weighted by molar-refractivity contribution is 8.00. The third-order valence-corrected chi connectivity index (χ3v) is 4.81. The molecule has 0 spiro atoms. The van der Waals surface area contributed by atoms with Gasteiger partial charge in [0.05, 0.1) is 11.5 Å². The Balaban J connectivity index is 1.71. The van der Waals surface area contributed by atoms with Crippen LogP contribution in [0.4, 0.5) is 5.69 Å². The van der Waals surface area contributed by atoms with Gasteiger partial charge in [-0.2, -0.15) is 0 Å². The number of hydrogen-bond acceptors (Lipinski definition) is 6. The SMILES string of the molecule is Cc1ccc(Cl)cc1NC(=O)[C@H](C)Sc1nnc(-c2ccco2)n1N. The predicted octanol–water partition coefficient (Wildman–Crippen LogP) is 3.33. The average Bonchev–Trinajstić information content (AvgIpc) is 3.21. The molecule has 0 aliphatic rings. The molecular weight excluding hydrogens is 362 g/mol. The Bertz CT molecular complexity index is 894. The number of anilines is 1. The second kappa shape index (κ2) is 7.20. The zero-order valence-corrected chi connectivity index (χ0v) is 15.1. The average molecular weight is 378 g/mol. The van der Waals surface area contributed by atoms with E-state index < -0.39 is 5.25 Å². The van der Waals surface area contributed by atoms with Crippen LogP contribution in [0.2, 0.25) is 5.02 Å². The lowest BCUT2D eigenvalue weighted by Gasteiger charge is -2.13. The molecule has 0 saturated heterocycles. The van der Waals surface area contributed by atoms with Gasteiger partial charge < -0.3 is 15.6 Å². The first kappa shape index (κ1) is 17.4. The maximum Gasteiger partial charge on any atom is 0.237 e. The van der Waals surface area contributed by atoms with Gasteiger partial charge in [-0.05, 0) is 43.7 Å². The number of amides is 1. The smallest absolute Gasteiger partial charge is 0.237 e. The van der Waals surface area contributed by atoms with Crippen molar-refractivity contribution in [3.8, 4) is 11.6 Å². The van der Waals surface area contributed by atoms with Crippen LogP contribution in [-0.2, 0) is 4.79 Å². The van der Waals surface area contributed by atoms with Crippen LogP contribution in [0.1, 0.15) is 12.5 Å². The molecule has 0 saturated carbocycles. The van der Waals surface area contributed by atoms with Crippen LogP contribution < -0.4 is 11.2 Å². The highest BCUT2D eigenvalue weighted by Crippen LogP contribution is 2.26. The second-order valence-electron chi connectivity index (χ2n) is 5.36. The fourth-order valence-corrected chi connectivity index (χ4v) is 3.05. The van der Waals surface area contributed by atoms with Crippen molar-refractivity contribution in [2.75, 3.05) is 11.2 Å². The van der Waals surface area contributed by atoms with E-state index in [1.807, 2.05) is 13.0 Å². The number of furan rings is 1. The molecule has 3 aromatic rings. The molecule has 0 aliphatic heterocycles. The lowest BCUT2D eigenvalue weighted by atomic mass is 10.2. The van der Waals surface area contributed by atoms with Crippen molar-refractivity contribution in [1.29, 1.82) is 0 Å². The summed E-state index contributed by atoms with van der Waals surface area (Å²) in [7, 11) is 0. The van der Waals surface area contributed by atoms with E-state index in [9.17, 15) is 4.79 Å². The van der Waals surface area contributed by atoms with Gasteiger partial charge in [-0.15, -0.1) is 10.2 Å². The fourth-order valence-electron chi connectivity index (χ4n) is 2.11. The number of halogens is 1. The minimum Gasteiger partial charge on any atom is -0.461 e. The Labute approximate surface area is 153 Å². The first-order valence-electron chi connectivity index (χ1n) is 7.43. The van der Waals surface area contributed by atoms with E-state index in [2.05, 4.69) is 15.5 Å². The number of carbonyl (C=O) groups is 1. The quantitative estimate of drug-likeness (QED) is 0.522. The van der Waals surface area contributed by atoms with Gasteiger partial charge in [0.25, 0.3) is 0 Å². The molecule has 2 heterocycles. The molecular formula is C16H16ClN5O2S. The predicted molar refractivity (Wildman–Crippen MR) is 98.0 cm³/mol. The molecule has 7 nitrogen and oxygen atoms in total. The number of nitrogens with zero attached hydrogens (tertiary/aromatic N) is 3. The first-order chi connectivity index (χ1) is 12.0. The molecule has 1 amide bonds. The standard InChI is InChI=1S/C16H16ClN5O2S/c1-9-5-6-11(17)8-12(9)19-15(23)10(2)25-16-21-20-14(22(16)18)13-4-3-7-24-13/h3-8,10H,18H2,1-2H3,(H,19,23)/t10-/m0/s1. The molecule has 0 unspecified atom stereocenters. The molecule has 1 aromatic carbocycles. The maximum atomic E-state index is 12.4. The van der Waals surface area contributed by atoms with E-state index in [1.54, 1.807) is 31.2 Å². The third-order valence-electron chi connectivity index (χ3n) is 3.51. The van der Waals surface area contributed by atoms with E-state index in [0.717, 1.165) is 5.56 Å². The number of rotatable bonds is 5. The number of nitrogen functional groups attached to an aromatic ring is 1. The van der Waals surface area contributed by atoms with Crippen LogP contribution in [0.25, 0.3) is 11.6 Å². The maximum absolute atomic E-state index is 12.4. The van der Waals surface area contributed by atoms with Crippen molar-refractivity contribution in [1.82, 2.24) is 14.9 Å². The summed E-state index contributed by atoms with van der Waals surface area (Å²) in [6.45, 7) is 3.66. The topological polar surface area (TPSA) is 99.0 Å². The zero-order valence-electron chi connectivity index (χ0n) is 13.6. The van der Waals surface area contributed by atoms with Gasteiger partial charge in [-0.1, -0.05) is 29.4 Å².